The minimum absolute atomic E-state index is 0. The Morgan fingerprint density at radius 2 is 1.89 bits per heavy atom. The van der Waals surface area contributed by atoms with Crippen LogP contribution in [-0.4, -0.2) is 23.3 Å². The van der Waals surface area contributed by atoms with Crippen molar-refractivity contribution >= 4 is 41.5 Å². The number of nitrogens with one attached hydrogen (secondary N) is 1. The van der Waals surface area contributed by atoms with Crippen LogP contribution < -0.4 is 11.1 Å². The molecule has 0 bridgehead atoms. The topological polar surface area (TPSA) is 70.7 Å². The Kier molecular flexibility index (Phi) is 8.29. The molecular weight excluding hydrogens is 463 g/mol. The molecule has 1 aliphatic rings. The fraction of sp³-hybridized carbons (Fsp3) is 0.364. The second-order valence-electron chi connectivity index (χ2n) is 7.34. The van der Waals surface area contributed by atoms with E-state index < -0.39 is 0 Å². The smallest absolute Gasteiger partial charge is 0.222 e. The molecule has 1 heterocycles. The van der Waals surface area contributed by atoms with Crippen molar-refractivity contribution in [3.8, 4) is 0 Å². The summed E-state index contributed by atoms with van der Waals surface area (Å²) in [7, 11) is 0. The quantitative estimate of drug-likeness (QED) is 0.355. The molecule has 2 aromatic carbocycles. The molecule has 150 valence electrons. The highest BCUT2D eigenvalue weighted by Gasteiger charge is 2.19. The number of carbonyl (C=O) groups excluding carboxylic acids is 1. The first kappa shape index (κ1) is 22.2. The molecule has 6 heteroatoms. The van der Waals surface area contributed by atoms with Gasteiger partial charge < -0.3 is 16.0 Å². The zero-order valence-corrected chi connectivity index (χ0v) is 18.9. The molecule has 0 radical (unpaired) electrons. The molecule has 1 amide bonds. The van der Waals surface area contributed by atoms with E-state index in [0.29, 0.717) is 31.4 Å². The van der Waals surface area contributed by atoms with Gasteiger partial charge in [0.2, 0.25) is 5.91 Å². The molecule has 3 rings (SSSR count). The first-order chi connectivity index (χ1) is 13.0. The van der Waals surface area contributed by atoms with Crippen molar-refractivity contribution in [1.29, 1.82) is 0 Å². The number of hydrogen-bond acceptors (Lipinski definition) is 2. The van der Waals surface area contributed by atoms with Gasteiger partial charge in [0.15, 0.2) is 5.96 Å². The van der Waals surface area contributed by atoms with Gasteiger partial charge >= 0.3 is 0 Å². The van der Waals surface area contributed by atoms with Crippen molar-refractivity contribution < 1.29 is 4.79 Å². The summed E-state index contributed by atoms with van der Waals surface area (Å²) in [5, 5.41) is 3.16. The molecule has 1 saturated heterocycles. The summed E-state index contributed by atoms with van der Waals surface area (Å²) >= 11 is 0. The third-order valence-corrected chi connectivity index (χ3v) is 4.83. The van der Waals surface area contributed by atoms with Crippen LogP contribution in [0.3, 0.4) is 0 Å². The second-order valence-corrected chi connectivity index (χ2v) is 7.34. The van der Waals surface area contributed by atoms with Crippen LogP contribution in [0.25, 0.3) is 0 Å². The molecule has 0 atom stereocenters. The minimum atomic E-state index is 0. The largest absolute Gasteiger partial charge is 0.370 e. The fourth-order valence-corrected chi connectivity index (χ4v) is 3.18. The standard InChI is InChI=1S/C22H28N4O.HI/c1-16(2)19-5-3-6-20(13-19)25-22(23)24-14-17-8-10-18(11-9-17)15-26-12-4-7-21(26)27;/h3,5-6,8-11,13,16H,4,7,12,14-15H2,1-2H3,(H3,23,24,25);1H. The molecule has 0 saturated carbocycles. The lowest BCUT2D eigenvalue weighted by atomic mass is 10.0. The summed E-state index contributed by atoms with van der Waals surface area (Å²) in [6, 6.07) is 16.4. The molecule has 3 N–H and O–H groups in total. The third-order valence-electron chi connectivity index (χ3n) is 4.83. The van der Waals surface area contributed by atoms with E-state index >= 15 is 0 Å². The maximum absolute atomic E-state index is 11.7. The highest BCUT2D eigenvalue weighted by molar-refractivity contribution is 14.0. The van der Waals surface area contributed by atoms with Crippen molar-refractivity contribution in [1.82, 2.24) is 4.90 Å². The van der Waals surface area contributed by atoms with E-state index in [-0.39, 0.29) is 29.9 Å². The normalized spacial score (nSPS) is 14.3. The van der Waals surface area contributed by atoms with E-state index in [0.717, 1.165) is 29.8 Å². The summed E-state index contributed by atoms with van der Waals surface area (Å²) < 4.78 is 0. The molecule has 0 aliphatic carbocycles. The molecule has 2 aromatic rings. The van der Waals surface area contributed by atoms with Gasteiger partial charge in [-0.2, -0.15) is 0 Å². The number of aliphatic imine (C=N–C) groups is 1. The summed E-state index contributed by atoms with van der Waals surface area (Å²) in [6.45, 7) is 6.41. The van der Waals surface area contributed by atoms with Crippen molar-refractivity contribution in [2.75, 3.05) is 11.9 Å². The highest BCUT2D eigenvalue weighted by atomic mass is 127. The van der Waals surface area contributed by atoms with Gasteiger partial charge in [-0.1, -0.05) is 50.2 Å². The number of likely N-dealkylation sites (tertiary alicyclic amines) is 1. The number of rotatable bonds is 6. The summed E-state index contributed by atoms with van der Waals surface area (Å²) in [5.74, 6) is 1.13. The molecule has 28 heavy (non-hydrogen) atoms. The molecule has 1 fully saturated rings. The molecule has 1 aliphatic heterocycles. The number of guanidine groups is 1. The Hall–Kier alpha value is -2.09. The van der Waals surface area contributed by atoms with Crippen LogP contribution in [0, 0.1) is 0 Å². The van der Waals surface area contributed by atoms with Gasteiger partial charge in [0, 0.05) is 25.2 Å². The zero-order chi connectivity index (χ0) is 19.2. The van der Waals surface area contributed by atoms with Crippen molar-refractivity contribution in [3.05, 3.63) is 65.2 Å². The minimum Gasteiger partial charge on any atom is -0.370 e. The maximum Gasteiger partial charge on any atom is 0.222 e. The van der Waals surface area contributed by atoms with Gasteiger partial charge in [0.1, 0.15) is 0 Å². The van der Waals surface area contributed by atoms with Gasteiger partial charge in [-0.25, -0.2) is 4.99 Å². The van der Waals surface area contributed by atoms with Crippen LogP contribution >= 0.6 is 24.0 Å². The van der Waals surface area contributed by atoms with E-state index in [1.54, 1.807) is 0 Å². The molecule has 0 aromatic heterocycles. The Morgan fingerprint density at radius 1 is 1.18 bits per heavy atom. The molecule has 0 unspecified atom stereocenters. The highest BCUT2D eigenvalue weighted by Crippen LogP contribution is 2.18. The fourth-order valence-electron chi connectivity index (χ4n) is 3.18. The van der Waals surface area contributed by atoms with E-state index in [4.69, 9.17) is 5.73 Å². The van der Waals surface area contributed by atoms with E-state index in [2.05, 4.69) is 48.4 Å². The Bertz CT molecular complexity index is 818. The number of amides is 1. The number of nitrogens with zero attached hydrogens (tertiary/aromatic N) is 2. The van der Waals surface area contributed by atoms with Crippen LogP contribution in [0.4, 0.5) is 5.69 Å². The van der Waals surface area contributed by atoms with Gasteiger partial charge in [-0.15, -0.1) is 24.0 Å². The van der Waals surface area contributed by atoms with Gasteiger partial charge in [-0.05, 0) is 41.2 Å². The summed E-state index contributed by atoms with van der Waals surface area (Å²) in [4.78, 5) is 18.1. The van der Waals surface area contributed by atoms with E-state index in [1.807, 2.05) is 29.2 Å². The zero-order valence-electron chi connectivity index (χ0n) is 16.5. The Balaban J connectivity index is 0.00000280. The number of anilines is 1. The van der Waals surface area contributed by atoms with Crippen molar-refractivity contribution in [2.45, 2.75) is 45.7 Å². The van der Waals surface area contributed by atoms with Crippen LogP contribution in [0.5, 0.6) is 0 Å². The lowest BCUT2D eigenvalue weighted by molar-refractivity contribution is -0.128. The van der Waals surface area contributed by atoms with E-state index in [1.165, 1.54) is 5.56 Å². The van der Waals surface area contributed by atoms with Crippen LogP contribution in [0.2, 0.25) is 0 Å². The number of benzene rings is 2. The Labute approximate surface area is 184 Å². The lowest BCUT2D eigenvalue weighted by Gasteiger charge is -2.15. The SMILES string of the molecule is CC(C)c1cccc(NC(N)=NCc2ccc(CN3CCCC3=O)cc2)c1.I. The summed E-state index contributed by atoms with van der Waals surface area (Å²) in [5.41, 5.74) is 10.5. The average molecular weight is 492 g/mol. The molecule has 5 nitrogen and oxygen atoms in total. The second kappa shape index (κ2) is 10.5. The number of halogens is 1. The third kappa shape index (κ3) is 6.22. The monoisotopic (exact) mass is 492 g/mol. The molecular formula is C22H29IN4O. The van der Waals surface area contributed by atoms with Crippen molar-refractivity contribution in [3.63, 3.8) is 0 Å². The Morgan fingerprint density at radius 3 is 2.54 bits per heavy atom. The number of hydrogen-bond donors (Lipinski definition) is 2. The predicted octanol–water partition coefficient (Wildman–Crippen LogP) is 4.48. The number of carbonyl (C=O) groups is 1. The lowest BCUT2D eigenvalue weighted by Crippen LogP contribution is -2.23. The van der Waals surface area contributed by atoms with Crippen LogP contribution in [0.15, 0.2) is 53.5 Å². The van der Waals surface area contributed by atoms with Crippen LogP contribution in [-0.2, 0) is 17.9 Å². The summed E-state index contributed by atoms with van der Waals surface area (Å²) in [6.07, 6.45) is 1.65. The first-order valence-corrected chi connectivity index (χ1v) is 9.54. The van der Waals surface area contributed by atoms with E-state index in [9.17, 15) is 4.79 Å². The van der Waals surface area contributed by atoms with Crippen LogP contribution in [0.1, 0.15) is 49.3 Å². The average Bonchev–Trinajstić information content (AvgIpc) is 3.06. The van der Waals surface area contributed by atoms with Crippen molar-refractivity contribution in [2.24, 2.45) is 10.7 Å². The first-order valence-electron chi connectivity index (χ1n) is 9.54. The number of nitrogens with two attached hydrogens (primary N) is 1. The van der Waals surface area contributed by atoms with Gasteiger partial charge in [-0.3, -0.25) is 4.79 Å². The van der Waals surface area contributed by atoms with Gasteiger partial charge in [0.05, 0.1) is 6.54 Å². The maximum atomic E-state index is 11.7. The van der Waals surface area contributed by atoms with Gasteiger partial charge in [0.25, 0.3) is 0 Å². The molecule has 0 spiro atoms. The predicted molar refractivity (Wildman–Crippen MR) is 126 cm³/mol.